The summed E-state index contributed by atoms with van der Waals surface area (Å²) in [6, 6.07) is 8.85. The Labute approximate surface area is 130 Å². The lowest BCUT2D eigenvalue weighted by Gasteiger charge is -2.11. The van der Waals surface area contributed by atoms with E-state index in [9.17, 15) is 10.5 Å². The van der Waals surface area contributed by atoms with Gasteiger partial charge in [-0.25, -0.2) is 0 Å². The summed E-state index contributed by atoms with van der Waals surface area (Å²) in [7, 11) is 0. The summed E-state index contributed by atoms with van der Waals surface area (Å²) in [5.41, 5.74) is 6.73. The molecule has 3 N–H and O–H groups in total. The normalized spacial score (nSPS) is 9.80. The zero-order chi connectivity index (χ0) is 14.9. The Morgan fingerprint density at radius 3 is 2.40 bits per heavy atom. The number of nitriles is 2. The van der Waals surface area contributed by atoms with Crippen LogP contribution in [-0.2, 0) is 0 Å². The van der Waals surface area contributed by atoms with Crippen molar-refractivity contribution < 1.29 is 0 Å². The fraction of sp³-hybridized carbons (Fsp3) is 0. The van der Waals surface area contributed by atoms with Gasteiger partial charge in [0, 0.05) is 11.1 Å². The molecule has 7 heteroatoms. The molecule has 0 saturated heterocycles. The van der Waals surface area contributed by atoms with Gasteiger partial charge in [-0.05, 0) is 6.07 Å². The SMILES string of the molecule is N#Cc1c(N)[nH]c(=S)c(C#N)c1-c1cccc(Cl)c1Cl. The number of nitrogens with two attached hydrogens (primary N) is 1. The molecule has 0 aliphatic carbocycles. The number of nitrogen functional groups attached to an aromatic ring is 1. The van der Waals surface area contributed by atoms with Gasteiger partial charge in [-0.1, -0.05) is 47.6 Å². The van der Waals surface area contributed by atoms with Crippen molar-refractivity contribution in [3.05, 3.63) is 44.0 Å². The molecule has 0 amide bonds. The predicted octanol–water partition coefficient (Wildman–Crippen LogP) is 4.04. The molecule has 0 radical (unpaired) electrons. The highest BCUT2D eigenvalue weighted by molar-refractivity contribution is 7.71. The Bertz CT molecular complexity index is 843. The maximum absolute atomic E-state index is 9.27. The lowest BCUT2D eigenvalue weighted by molar-refractivity contribution is 1.26. The molecule has 0 bridgehead atoms. The molecule has 2 rings (SSSR count). The Morgan fingerprint density at radius 1 is 1.15 bits per heavy atom. The topological polar surface area (TPSA) is 89.4 Å². The van der Waals surface area contributed by atoms with E-state index in [1.165, 1.54) is 0 Å². The maximum Gasteiger partial charge on any atom is 0.123 e. The third kappa shape index (κ3) is 2.23. The zero-order valence-electron chi connectivity index (χ0n) is 9.87. The summed E-state index contributed by atoms with van der Waals surface area (Å²) in [6.45, 7) is 0. The van der Waals surface area contributed by atoms with E-state index in [4.69, 9.17) is 41.2 Å². The average Bonchev–Trinajstić information content (AvgIpc) is 2.41. The van der Waals surface area contributed by atoms with Gasteiger partial charge in [-0.2, -0.15) is 10.5 Å². The van der Waals surface area contributed by atoms with Crippen LogP contribution in [0, 0.1) is 27.3 Å². The smallest absolute Gasteiger partial charge is 0.123 e. The minimum absolute atomic E-state index is 0.0857. The molecule has 0 unspecified atom stereocenters. The fourth-order valence-electron chi connectivity index (χ4n) is 1.81. The van der Waals surface area contributed by atoms with Gasteiger partial charge in [0.05, 0.1) is 15.6 Å². The van der Waals surface area contributed by atoms with Crippen molar-refractivity contribution in [3.8, 4) is 23.3 Å². The number of aromatic nitrogens is 1. The third-order valence-electron chi connectivity index (χ3n) is 2.69. The van der Waals surface area contributed by atoms with E-state index in [0.29, 0.717) is 16.1 Å². The number of nitrogens with zero attached hydrogens (tertiary/aromatic N) is 2. The first kappa shape index (κ1) is 14.4. The summed E-state index contributed by atoms with van der Waals surface area (Å²) in [5, 5.41) is 19.1. The van der Waals surface area contributed by atoms with Crippen LogP contribution in [0.4, 0.5) is 5.82 Å². The molecule has 4 nitrogen and oxygen atoms in total. The van der Waals surface area contributed by atoms with Crippen LogP contribution in [0.2, 0.25) is 10.0 Å². The molecule has 0 spiro atoms. The highest BCUT2D eigenvalue weighted by Gasteiger charge is 2.19. The summed E-state index contributed by atoms with van der Waals surface area (Å²) in [4.78, 5) is 2.62. The molecule has 2 aromatic rings. The molecule has 1 aromatic carbocycles. The van der Waals surface area contributed by atoms with E-state index in [1.807, 2.05) is 12.1 Å². The molecule has 0 saturated carbocycles. The van der Waals surface area contributed by atoms with Crippen molar-refractivity contribution in [2.45, 2.75) is 0 Å². The van der Waals surface area contributed by atoms with Crippen LogP contribution in [-0.4, -0.2) is 4.98 Å². The molecule has 20 heavy (non-hydrogen) atoms. The van der Waals surface area contributed by atoms with E-state index in [0.717, 1.165) is 0 Å². The van der Waals surface area contributed by atoms with E-state index in [-0.39, 0.29) is 26.6 Å². The minimum Gasteiger partial charge on any atom is -0.384 e. The van der Waals surface area contributed by atoms with Crippen LogP contribution in [0.15, 0.2) is 18.2 Å². The number of pyridine rings is 1. The standard InChI is InChI=1S/C13H6Cl2N4S/c14-9-3-1-2-6(11(9)15)10-7(4-16)12(18)19-13(20)8(10)5-17/h1-3H,(H3,18,19,20). The lowest BCUT2D eigenvalue weighted by atomic mass is 9.97. The van der Waals surface area contributed by atoms with Crippen LogP contribution >= 0.6 is 35.4 Å². The van der Waals surface area contributed by atoms with Crippen molar-refractivity contribution in [2.24, 2.45) is 0 Å². The van der Waals surface area contributed by atoms with Crippen LogP contribution in [0.3, 0.4) is 0 Å². The van der Waals surface area contributed by atoms with Gasteiger partial charge in [-0.15, -0.1) is 0 Å². The Morgan fingerprint density at radius 2 is 1.80 bits per heavy atom. The number of hydrogen-bond acceptors (Lipinski definition) is 4. The second-order valence-corrected chi connectivity index (χ2v) is 5.01. The van der Waals surface area contributed by atoms with Crippen molar-refractivity contribution in [3.63, 3.8) is 0 Å². The Hall–Kier alpha value is -2.05. The molecule has 0 aliphatic rings. The number of benzene rings is 1. The van der Waals surface area contributed by atoms with Crippen LogP contribution in [0.5, 0.6) is 0 Å². The second kappa shape index (κ2) is 5.52. The first-order valence-corrected chi connectivity index (χ1v) is 6.48. The summed E-state index contributed by atoms with van der Waals surface area (Å²) in [6.07, 6.45) is 0. The summed E-state index contributed by atoms with van der Waals surface area (Å²) >= 11 is 17.2. The first-order valence-electron chi connectivity index (χ1n) is 5.31. The number of anilines is 1. The summed E-state index contributed by atoms with van der Waals surface area (Å²) in [5.74, 6) is 0.0857. The summed E-state index contributed by atoms with van der Waals surface area (Å²) < 4.78 is 0.148. The van der Waals surface area contributed by atoms with Gasteiger partial charge in [-0.3, -0.25) is 0 Å². The molecular weight excluding hydrogens is 315 g/mol. The first-order chi connectivity index (χ1) is 9.51. The molecule has 98 valence electrons. The number of halogens is 2. The van der Waals surface area contributed by atoms with Gasteiger partial charge in [0.1, 0.15) is 28.2 Å². The quantitative estimate of drug-likeness (QED) is 0.776. The van der Waals surface area contributed by atoms with Gasteiger partial charge in [0.15, 0.2) is 0 Å². The van der Waals surface area contributed by atoms with E-state index in [2.05, 4.69) is 4.98 Å². The molecular formula is C13H6Cl2N4S. The zero-order valence-corrected chi connectivity index (χ0v) is 12.2. The van der Waals surface area contributed by atoms with E-state index in [1.54, 1.807) is 18.2 Å². The van der Waals surface area contributed by atoms with Crippen molar-refractivity contribution in [2.75, 3.05) is 5.73 Å². The Kier molecular flexibility index (Phi) is 3.96. The third-order valence-corrected chi connectivity index (χ3v) is 3.81. The molecule has 1 aromatic heterocycles. The fourth-order valence-corrected chi connectivity index (χ4v) is 2.46. The van der Waals surface area contributed by atoms with Crippen LogP contribution in [0.1, 0.15) is 11.1 Å². The monoisotopic (exact) mass is 320 g/mol. The predicted molar refractivity (Wildman–Crippen MR) is 80.9 cm³/mol. The number of nitrogens with one attached hydrogen (secondary N) is 1. The van der Waals surface area contributed by atoms with Crippen molar-refractivity contribution in [1.29, 1.82) is 10.5 Å². The minimum atomic E-state index is 0.0857. The average molecular weight is 321 g/mol. The highest BCUT2D eigenvalue weighted by atomic mass is 35.5. The largest absolute Gasteiger partial charge is 0.384 e. The second-order valence-electron chi connectivity index (χ2n) is 3.82. The van der Waals surface area contributed by atoms with Crippen LogP contribution in [0.25, 0.3) is 11.1 Å². The Balaban J connectivity index is 3.01. The van der Waals surface area contributed by atoms with Crippen LogP contribution < -0.4 is 5.73 Å². The van der Waals surface area contributed by atoms with Gasteiger partial charge in [0.25, 0.3) is 0 Å². The number of H-pyrrole nitrogens is 1. The van der Waals surface area contributed by atoms with Gasteiger partial charge < -0.3 is 10.7 Å². The number of rotatable bonds is 1. The molecule has 0 aliphatic heterocycles. The van der Waals surface area contributed by atoms with Gasteiger partial charge in [0.2, 0.25) is 0 Å². The molecule has 1 heterocycles. The van der Waals surface area contributed by atoms with Crippen molar-refractivity contribution >= 4 is 41.2 Å². The van der Waals surface area contributed by atoms with E-state index < -0.39 is 0 Å². The molecule has 0 fully saturated rings. The van der Waals surface area contributed by atoms with Gasteiger partial charge >= 0.3 is 0 Å². The highest BCUT2D eigenvalue weighted by Crippen LogP contribution is 2.38. The van der Waals surface area contributed by atoms with Crippen molar-refractivity contribution in [1.82, 2.24) is 4.98 Å². The molecule has 0 atom stereocenters. The number of hydrogen-bond donors (Lipinski definition) is 2. The van der Waals surface area contributed by atoms with E-state index >= 15 is 0 Å². The lowest BCUT2D eigenvalue weighted by Crippen LogP contribution is -2.02. The maximum atomic E-state index is 9.27. The number of aromatic amines is 1.